The number of piperazine rings is 1. The molecule has 1 aromatic carbocycles. The lowest BCUT2D eigenvalue weighted by molar-refractivity contribution is -0.129. The largest absolute Gasteiger partial charge is 0.494 e. The van der Waals surface area contributed by atoms with Crippen LogP contribution in [0.2, 0.25) is 0 Å². The molecule has 1 aromatic rings. The standard InChI is InChI=1S/C15H23N3O2S/c1-3-20-12-4-5-13(16)14(10-12)21-11-15(19)18-8-6-17(2)7-9-18/h4-5,10H,3,6-9,11,16H2,1-2H3. The molecule has 0 spiro atoms. The van der Waals surface area contributed by atoms with Crippen molar-refractivity contribution in [2.75, 3.05) is 51.3 Å². The third kappa shape index (κ3) is 4.54. The fourth-order valence-electron chi connectivity index (χ4n) is 2.18. The molecule has 1 saturated heterocycles. The lowest BCUT2D eigenvalue weighted by Crippen LogP contribution is -2.47. The number of anilines is 1. The zero-order valence-corrected chi connectivity index (χ0v) is 13.5. The fourth-order valence-corrected chi connectivity index (χ4v) is 3.08. The van der Waals surface area contributed by atoms with Gasteiger partial charge in [-0.2, -0.15) is 0 Å². The number of amides is 1. The molecule has 2 rings (SSSR count). The molecular weight excluding hydrogens is 286 g/mol. The summed E-state index contributed by atoms with van der Waals surface area (Å²) in [6.07, 6.45) is 0. The monoisotopic (exact) mass is 309 g/mol. The Balaban J connectivity index is 1.90. The van der Waals surface area contributed by atoms with Crippen LogP contribution in [0.3, 0.4) is 0 Å². The second-order valence-electron chi connectivity index (χ2n) is 5.11. The van der Waals surface area contributed by atoms with Gasteiger partial charge in [-0.3, -0.25) is 4.79 Å². The third-order valence-electron chi connectivity index (χ3n) is 3.50. The maximum Gasteiger partial charge on any atom is 0.233 e. The number of ether oxygens (including phenoxy) is 1. The molecule has 1 fully saturated rings. The molecule has 0 aliphatic carbocycles. The molecule has 0 atom stereocenters. The van der Waals surface area contributed by atoms with E-state index in [4.69, 9.17) is 10.5 Å². The average molecular weight is 309 g/mol. The first-order valence-corrected chi connectivity index (χ1v) is 8.20. The lowest BCUT2D eigenvalue weighted by atomic mass is 10.3. The Morgan fingerprint density at radius 3 is 2.71 bits per heavy atom. The van der Waals surface area contributed by atoms with Crippen LogP contribution in [0.25, 0.3) is 0 Å². The molecule has 2 N–H and O–H groups in total. The van der Waals surface area contributed by atoms with E-state index >= 15 is 0 Å². The van der Waals surface area contributed by atoms with E-state index in [2.05, 4.69) is 11.9 Å². The van der Waals surface area contributed by atoms with Gasteiger partial charge >= 0.3 is 0 Å². The van der Waals surface area contributed by atoms with Gasteiger partial charge in [0.15, 0.2) is 0 Å². The normalized spacial score (nSPS) is 16.0. The molecule has 0 aromatic heterocycles. The second-order valence-corrected chi connectivity index (χ2v) is 6.12. The van der Waals surface area contributed by atoms with E-state index in [0.29, 0.717) is 18.0 Å². The highest BCUT2D eigenvalue weighted by Gasteiger charge is 2.19. The molecule has 0 saturated carbocycles. The van der Waals surface area contributed by atoms with E-state index < -0.39 is 0 Å². The number of thioether (sulfide) groups is 1. The van der Waals surface area contributed by atoms with Gasteiger partial charge in [0.25, 0.3) is 0 Å². The minimum atomic E-state index is 0.175. The highest BCUT2D eigenvalue weighted by Crippen LogP contribution is 2.29. The molecular formula is C15H23N3O2S. The zero-order chi connectivity index (χ0) is 15.2. The molecule has 6 heteroatoms. The van der Waals surface area contributed by atoms with Crippen molar-refractivity contribution in [1.29, 1.82) is 0 Å². The highest BCUT2D eigenvalue weighted by molar-refractivity contribution is 8.00. The number of carbonyl (C=O) groups excluding carboxylic acids is 1. The molecule has 0 bridgehead atoms. The summed E-state index contributed by atoms with van der Waals surface area (Å²) in [5, 5.41) is 0. The van der Waals surface area contributed by atoms with Crippen LogP contribution in [0, 0.1) is 0 Å². The summed E-state index contributed by atoms with van der Waals surface area (Å²) in [4.78, 5) is 17.3. The van der Waals surface area contributed by atoms with Crippen LogP contribution in [0.5, 0.6) is 5.75 Å². The first kappa shape index (κ1) is 16.0. The summed E-state index contributed by atoms with van der Waals surface area (Å²) in [6, 6.07) is 5.58. The van der Waals surface area contributed by atoms with Crippen molar-refractivity contribution < 1.29 is 9.53 Å². The van der Waals surface area contributed by atoms with Crippen LogP contribution in [0.4, 0.5) is 5.69 Å². The zero-order valence-electron chi connectivity index (χ0n) is 12.7. The number of nitrogens with zero attached hydrogens (tertiary/aromatic N) is 2. The number of carbonyl (C=O) groups is 1. The Kier molecular flexibility index (Phi) is 5.76. The number of rotatable bonds is 5. The Morgan fingerprint density at radius 1 is 1.33 bits per heavy atom. The van der Waals surface area contributed by atoms with Gasteiger partial charge in [-0.25, -0.2) is 0 Å². The summed E-state index contributed by atoms with van der Waals surface area (Å²) in [7, 11) is 2.08. The first-order chi connectivity index (χ1) is 10.1. The van der Waals surface area contributed by atoms with E-state index in [-0.39, 0.29) is 5.91 Å². The van der Waals surface area contributed by atoms with E-state index in [0.717, 1.165) is 36.8 Å². The molecule has 1 heterocycles. The summed E-state index contributed by atoms with van der Waals surface area (Å²) in [5.41, 5.74) is 6.65. The number of nitrogens with two attached hydrogens (primary N) is 1. The van der Waals surface area contributed by atoms with Crippen molar-refractivity contribution in [3.05, 3.63) is 18.2 Å². The molecule has 0 radical (unpaired) electrons. The maximum absolute atomic E-state index is 12.2. The summed E-state index contributed by atoms with van der Waals surface area (Å²) >= 11 is 1.48. The number of hydrogen-bond acceptors (Lipinski definition) is 5. The predicted molar refractivity (Wildman–Crippen MR) is 86.8 cm³/mol. The minimum absolute atomic E-state index is 0.175. The Hall–Kier alpha value is -1.40. The molecule has 1 amide bonds. The SMILES string of the molecule is CCOc1ccc(N)c(SCC(=O)N2CCN(C)CC2)c1. The first-order valence-electron chi connectivity index (χ1n) is 7.21. The van der Waals surface area contributed by atoms with Gasteiger partial charge < -0.3 is 20.3 Å². The third-order valence-corrected chi connectivity index (χ3v) is 4.56. The minimum Gasteiger partial charge on any atom is -0.494 e. The number of benzene rings is 1. The second kappa shape index (κ2) is 7.56. The Labute approximate surface area is 130 Å². The van der Waals surface area contributed by atoms with Gasteiger partial charge in [-0.15, -0.1) is 11.8 Å². The van der Waals surface area contributed by atoms with Crippen LogP contribution in [-0.4, -0.2) is 61.3 Å². The lowest BCUT2D eigenvalue weighted by Gasteiger charge is -2.32. The Morgan fingerprint density at radius 2 is 2.05 bits per heavy atom. The van der Waals surface area contributed by atoms with Gasteiger partial charge in [-0.05, 0) is 32.2 Å². The van der Waals surface area contributed by atoms with Gasteiger partial charge in [0, 0.05) is 36.8 Å². The Bertz CT molecular complexity index is 488. The van der Waals surface area contributed by atoms with E-state index in [1.54, 1.807) is 0 Å². The molecule has 5 nitrogen and oxygen atoms in total. The summed E-state index contributed by atoms with van der Waals surface area (Å²) < 4.78 is 5.47. The number of nitrogen functional groups attached to an aromatic ring is 1. The van der Waals surface area contributed by atoms with Gasteiger partial charge in [0.2, 0.25) is 5.91 Å². The molecule has 0 unspecified atom stereocenters. The van der Waals surface area contributed by atoms with Gasteiger partial charge in [-0.1, -0.05) is 0 Å². The molecule has 1 aliphatic heterocycles. The fraction of sp³-hybridized carbons (Fsp3) is 0.533. The molecule has 1 aliphatic rings. The van der Waals surface area contributed by atoms with E-state index in [1.807, 2.05) is 30.0 Å². The van der Waals surface area contributed by atoms with Crippen LogP contribution in [0.1, 0.15) is 6.92 Å². The van der Waals surface area contributed by atoms with Crippen LogP contribution in [0.15, 0.2) is 23.1 Å². The number of likely N-dealkylation sites (N-methyl/N-ethyl adjacent to an activating group) is 1. The smallest absolute Gasteiger partial charge is 0.233 e. The van der Waals surface area contributed by atoms with Crippen molar-refractivity contribution in [3.63, 3.8) is 0 Å². The molecule has 21 heavy (non-hydrogen) atoms. The van der Waals surface area contributed by atoms with Crippen LogP contribution >= 0.6 is 11.8 Å². The highest BCUT2D eigenvalue weighted by atomic mass is 32.2. The van der Waals surface area contributed by atoms with Crippen LogP contribution < -0.4 is 10.5 Å². The predicted octanol–water partition coefficient (Wildman–Crippen LogP) is 1.53. The van der Waals surface area contributed by atoms with Gasteiger partial charge in [0.1, 0.15) is 5.75 Å². The molecule has 116 valence electrons. The van der Waals surface area contributed by atoms with Crippen molar-refractivity contribution >= 4 is 23.4 Å². The van der Waals surface area contributed by atoms with E-state index in [9.17, 15) is 4.79 Å². The van der Waals surface area contributed by atoms with Gasteiger partial charge in [0.05, 0.1) is 12.4 Å². The van der Waals surface area contributed by atoms with E-state index in [1.165, 1.54) is 11.8 Å². The average Bonchev–Trinajstić information content (AvgIpc) is 2.48. The number of hydrogen-bond donors (Lipinski definition) is 1. The van der Waals surface area contributed by atoms with Crippen molar-refractivity contribution in [2.45, 2.75) is 11.8 Å². The van der Waals surface area contributed by atoms with Crippen LogP contribution in [-0.2, 0) is 4.79 Å². The van der Waals surface area contributed by atoms with Crippen molar-refractivity contribution in [2.24, 2.45) is 0 Å². The van der Waals surface area contributed by atoms with Crippen molar-refractivity contribution in [3.8, 4) is 5.75 Å². The summed E-state index contributed by atoms with van der Waals surface area (Å²) in [6.45, 7) is 6.07. The quantitative estimate of drug-likeness (QED) is 0.660. The maximum atomic E-state index is 12.2. The van der Waals surface area contributed by atoms with Crippen molar-refractivity contribution in [1.82, 2.24) is 9.80 Å². The topological polar surface area (TPSA) is 58.8 Å². The summed E-state index contributed by atoms with van der Waals surface area (Å²) in [5.74, 6) is 1.39.